The predicted molar refractivity (Wildman–Crippen MR) is 96.4 cm³/mol. The molecular weight excluding hydrogens is 330 g/mol. The number of likely N-dealkylation sites (tertiary alicyclic amines) is 1. The Labute approximate surface area is 154 Å². The van der Waals surface area contributed by atoms with E-state index in [9.17, 15) is 5.11 Å². The second-order valence-corrected chi connectivity index (χ2v) is 8.18. The van der Waals surface area contributed by atoms with Gasteiger partial charge < -0.3 is 9.67 Å². The van der Waals surface area contributed by atoms with Crippen molar-refractivity contribution in [3.05, 3.63) is 23.5 Å². The van der Waals surface area contributed by atoms with Crippen molar-refractivity contribution in [2.75, 3.05) is 13.1 Å². The van der Waals surface area contributed by atoms with Gasteiger partial charge in [-0.15, -0.1) is 15.3 Å². The molecule has 2 aromatic rings. The molecule has 8 heteroatoms. The third-order valence-corrected chi connectivity index (χ3v) is 5.90. The molecule has 1 saturated heterocycles. The lowest BCUT2D eigenvalue weighted by Gasteiger charge is -2.37. The first kappa shape index (κ1) is 17.6. The predicted octanol–water partition coefficient (Wildman–Crippen LogP) is 1.74. The summed E-state index contributed by atoms with van der Waals surface area (Å²) in [6.45, 7) is 6.32. The Bertz CT molecular complexity index is 763. The van der Waals surface area contributed by atoms with Crippen molar-refractivity contribution in [2.24, 2.45) is 7.05 Å². The van der Waals surface area contributed by atoms with Crippen LogP contribution in [0.25, 0.3) is 0 Å². The Morgan fingerprint density at radius 2 is 2.04 bits per heavy atom. The summed E-state index contributed by atoms with van der Waals surface area (Å²) < 4.78 is 3.95. The number of hydrogen-bond donors (Lipinski definition) is 1. The molecule has 0 bridgehead atoms. The van der Waals surface area contributed by atoms with Gasteiger partial charge in [0.25, 0.3) is 0 Å². The van der Waals surface area contributed by atoms with Gasteiger partial charge in [-0.1, -0.05) is 11.6 Å². The maximum absolute atomic E-state index is 11.2. The van der Waals surface area contributed by atoms with Crippen LogP contribution in [-0.2, 0) is 19.2 Å². The molecule has 2 aromatic heterocycles. The summed E-state index contributed by atoms with van der Waals surface area (Å²) >= 11 is 0. The Hall–Kier alpha value is -1.80. The zero-order valence-corrected chi connectivity index (χ0v) is 16.0. The van der Waals surface area contributed by atoms with Gasteiger partial charge in [-0.05, 0) is 46.1 Å². The van der Waals surface area contributed by atoms with Crippen molar-refractivity contribution < 1.29 is 5.11 Å². The number of piperidine rings is 1. The van der Waals surface area contributed by atoms with Crippen LogP contribution in [-0.4, -0.2) is 52.9 Å². The Balaban J connectivity index is 1.47. The average molecular weight is 359 g/mol. The molecule has 0 radical (unpaired) electrons. The Morgan fingerprint density at radius 1 is 1.23 bits per heavy atom. The largest absolute Gasteiger partial charge is 0.382 e. The van der Waals surface area contributed by atoms with Crippen molar-refractivity contribution in [1.29, 1.82) is 0 Å². The molecule has 1 aliphatic heterocycles. The minimum absolute atomic E-state index is 0.239. The van der Waals surface area contributed by atoms with E-state index in [0.717, 1.165) is 24.6 Å². The fourth-order valence-electron chi connectivity index (χ4n) is 3.94. The molecule has 0 unspecified atom stereocenters. The summed E-state index contributed by atoms with van der Waals surface area (Å²) in [6, 6.07) is 0.239. The van der Waals surface area contributed by atoms with Gasteiger partial charge in [-0.2, -0.15) is 0 Å². The van der Waals surface area contributed by atoms with Crippen LogP contribution in [0.3, 0.4) is 0 Å². The summed E-state index contributed by atoms with van der Waals surface area (Å²) in [4.78, 5) is 2.26. The first-order chi connectivity index (χ1) is 12.5. The van der Waals surface area contributed by atoms with E-state index in [1.54, 1.807) is 4.68 Å². The molecule has 142 valence electrons. The second-order valence-electron chi connectivity index (χ2n) is 8.18. The van der Waals surface area contributed by atoms with Crippen LogP contribution in [0.5, 0.6) is 0 Å². The zero-order chi connectivity index (χ0) is 18.3. The van der Waals surface area contributed by atoms with Crippen molar-refractivity contribution in [3.63, 3.8) is 0 Å². The monoisotopic (exact) mass is 359 g/mol. The van der Waals surface area contributed by atoms with Gasteiger partial charge in [0, 0.05) is 25.6 Å². The van der Waals surface area contributed by atoms with E-state index in [-0.39, 0.29) is 6.04 Å². The fourth-order valence-corrected chi connectivity index (χ4v) is 3.94. The molecule has 26 heavy (non-hydrogen) atoms. The van der Waals surface area contributed by atoms with Crippen molar-refractivity contribution in [1.82, 2.24) is 34.7 Å². The number of β-amino-alcohol motifs (C(OH)–C–C–N with tert-alkyl or cyclic N) is 1. The van der Waals surface area contributed by atoms with Gasteiger partial charge in [0.15, 0.2) is 0 Å². The topological polar surface area (TPSA) is 84.9 Å². The summed E-state index contributed by atoms with van der Waals surface area (Å²) in [7, 11) is 2.06. The smallest absolute Gasteiger partial charge is 0.146 e. The zero-order valence-electron chi connectivity index (χ0n) is 16.0. The molecule has 4 rings (SSSR count). The number of aromatic nitrogens is 6. The van der Waals surface area contributed by atoms with E-state index in [0.29, 0.717) is 31.1 Å². The molecular formula is C18H29N7O. The summed E-state index contributed by atoms with van der Waals surface area (Å²) in [6.07, 6.45) is 7.26. The maximum Gasteiger partial charge on any atom is 0.146 e. The van der Waals surface area contributed by atoms with E-state index in [1.807, 2.05) is 6.20 Å². The highest BCUT2D eigenvalue weighted by atomic mass is 16.3. The molecule has 0 amide bonds. The van der Waals surface area contributed by atoms with Crippen LogP contribution in [0.1, 0.15) is 75.3 Å². The lowest BCUT2D eigenvalue weighted by atomic mass is 9.85. The average Bonchev–Trinajstić information content (AvgIpc) is 3.17. The van der Waals surface area contributed by atoms with Gasteiger partial charge in [0.2, 0.25) is 0 Å². The van der Waals surface area contributed by atoms with Crippen molar-refractivity contribution >= 4 is 0 Å². The van der Waals surface area contributed by atoms with Crippen LogP contribution in [0, 0.1) is 0 Å². The molecule has 0 spiro atoms. The molecule has 1 N–H and O–H groups in total. The third kappa shape index (κ3) is 3.16. The Morgan fingerprint density at radius 3 is 2.69 bits per heavy atom. The van der Waals surface area contributed by atoms with Crippen LogP contribution < -0.4 is 0 Å². The third-order valence-electron chi connectivity index (χ3n) is 5.90. The molecule has 8 nitrogen and oxygen atoms in total. The lowest BCUT2D eigenvalue weighted by Crippen LogP contribution is -2.46. The van der Waals surface area contributed by atoms with Crippen LogP contribution in [0.15, 0.2) is 6.20 Å². The molecule has 1 saturated carbocycles. The van der Waals surface area contributed by atoms with E-state index < -0.39 is 5.60 Å². The van der Waals surface area contributed by atoms with Gasteiger partial charge in [-0.25, -0.2) is 4.68 Å². The van der Waals surface area contributed by atoms with Crippen molar-refractivity contribution in [2.45, 2.75) is 70.1 Å². The molecule has 0 aromatic carbocycles. The molecule has 1 atom stereocenters. The first-order valence-electron chi connectivity index (χ1n) is 9.71. The lowest BCUT2D eigenvalue weighted by molar-refractivity contribution is -0.0423. The molecule has 1 aliphatic carbocycles. The normalized spacial score (nSPS) is 25.0. The van der Waals surface area contributed by atoms with E-state index in [2.05, 4.69) is 50.9 Å². The summed E-state index contributed by atoms with van der Waals surface area (Å²) in [5.41, 5.74) is -0.273. The number of rotatable bonds is 5. The molecule has 3 heterocycles. The van der Waals surface area contributed by atoms with Crippen LogP contribution in [0.4, 0.5) is 0 Å². The molecule has 2 fully saturated rings. The molecule has 2 aliphatic rings. The van der Waals surface area contributed by atoms with Crippen LogP contribution in [0.2, 0.25) is 0 Å². The first-order valence-corrected chi connectivity index (χ1v) is 9.71. The van der Waals surface area contributed by atoms with Gasteiger partial charge in [0.1, 0.15) is 22.9 Å². The van der Waals surface area contributed by atoms with E-state index in [1.165, 1.54) is 19.3 Å². The Kier molecular flexibility index (Phi) is 4.56. The number of nitrogens with zero attached hydrogens (tertiary/aromatic N) is 7. The number of hydrogen-bond acceptors (Lipinski definition) is 6. The van der Waals surface area contributed by atoms with E-state index >= 15 is 0 Å². The minimum Gasteiger partial charge on any atom is -0.382 e. The van der Waals surface area contributed by atoms with Crippen LogP contribution >= 0.6 is 0 Å². The fraction of sp³-hybridized carbons (Fsp3) is 0.778. The SMILES string of the molecule is CC(C)n1cc([C@]2(O)CCCN(Cc3nnc(C4CCC4)n3C)C2)nn1. The highest BCUT2D eigenvalue weighted by Crippen LogP contribution is 2.35. The van der Waals surface area contributed by atoms with Gasteiger partial charge in [-0.3, -0.25) is 4.90 Å². The maximum atomic E-state index is 11.2. The highest BCUT2D eigenvalue weighted by Gasteiger charge is 2.38. The van der Waals surface area contributed by atoms with E-state index in [4.69, 9.17) is 0 Å². The summed E-state index contributed by atoms with van der Waals surface area (Å²) in [5, 5.41) is 28.4. The van der Waals surface area contributed by atoms with Gasteiger partial charge in [0.05, 0.1) is 12.7 Å². The quantitative estimate of drug-likeness (QED) is 0.875. The standard InChI is InChI=1S/C18H29N7O/c1-13(2)25-10-15(19-22-25)18(26)8-5-9-24(12-18)11-16-20-21-17(23(16)3)14-6-4-7-14/h10,13-14,26H,4-9,11-12H2,1-3H3/t18-/m0/s1. The minimum atomic E-state index is -0.944. The van der Waals surface area contributed by atoms with Gasteiger partial charge >= 0.3 is 0 Å². The second kappa shape index (κ2) is 6.74. The van der Waals surface area contributed by atoms with Crippen molar-refractivity contribution in [3.8, 4) is 0 Å². The number of aliphatic hydroxyl groups is 1. The summed E-state index contributed by atoms with van der Waals surface area (Å²) in [5.74, 6) is 2.66. The highest BCUT2D eigenvalue weighted by molar-refractivity contribution is 5.11.